The van der Waals surface area contributed by atoms with Crippen molar-refractivity contribution in [3.63, 3.8) is 0 Å². The molecule has 1 aromatic heterocycles. The first-order valence-electron chi connectivity index (χ1n) is 7.80. The summed E-state index contributed by atoms with van der Waals surface area (Å²) in [5.74, 6) is -1.53. The lowest BCUT2D eigenvalue weighted by molar-refractivity contribution is -0.111. The monoisotopic (exact) mass is 461 g/mol. The molecule has 0 aliphatic carbocycles. The lowest BCUT2D eigenvalue weighted by atomic mass is 10.0. The Bertz CT molecular complexity index is 1030. The fourth-order valence-corrected chi connectivity index (χ4v) is 3.86. The van der Waals surface area contributed by atoms with Gasteiger partial charge in [-0.2, -0.15) is 0 Å². The van der Waals surface area contributed by atoms with Crippen molar-refractivity contribution in [2.24, 2.45) is 0 Å². The van der Waals surface area contributed by atoms with Crippen molar-refractivity contribution in [2.75, 3.05) is 5.32 Å². The molecule has 0 spiro atoms. The fraction of sp³-hybridized carbons (Fsp3) is 0. The van der Waals surface area contributed by atoms with Crippen LogP contribution in [0.3, 0.4) is 0 Å². The topological polar surface area (TPSA) is 66.4 Å². The van der Waals surface area contributed by atoms with Gasteiger partial charge < -0.3 is 10.4 Å². The molecule has 27 heavy (non-hydrogen) atoms. The molecule has 0 saturated carbocycles. The molecule has 0 aliphatic rings. The summed E-state index contributed by atoms with van der Waals surface area (Å²) in [6.07, 6.45) is 2.91. The molecule has 2 N–H and O–H groups in total. The number of hydrogen-bond donors (Lipinski definition) is 2. The van der Waals surface area contributed by atoms with Crippen LogP contribution in [0, 0.1) is 0 Å². The number of carbonyl (C=O) groups excluding carboxylic acids is 1. The SMILES string of the molecule is O=C(C=Cc1ccccc1Cl)Nc1scc(-c2ccc(Br)cc2)c1C(=O)O. The highest BCUT2D eigenvalue weighted by atomic mass is 79.9. The van der Waals surface area contributed by atoms with Gasteiger partial charge in [-0.1, -0.05) is 57.9 Å². The van der Waals surface area contributed by atoms with Crippen molar-refractivity contribution in [2.45, 2.75) is 0 Å². The van der Waals surface area contributed by atoms with Gasteiger partial charge in [-0.3, -0.25) is 4.79 Å². The molecule has 4 nitrogen and oxygen atoms in total. The van der Waals surface area contributed by atoms with Gasteiger partial charge >= 0.3 is 5.97 Å². The summed E-state index contributed by atoms with van der Waals surface area (Å²) < 4.78 is 0.900. The normalized spacial score (nSPS) is 10.9. The van der Waals surface area contributed by atoms with Crippen molar-refractivity contribution in [3.05, 3.63) is 80.6 Å². The number of anilines is 1. The van der Waals surface area contributed by atoms with Gasteiger partial charge in [0, 0.05) is 26.5 Å². The minimum atomic E-state index is -1.10. The Morgan fingerprint density at radius 3 is 2.48 bits per heavy atom. The van der Waals surface area contributed by atoms with Gasteiger partial charge in [0.1, 0.15) is 10.6 Å². The third-order valence-electron chi connectivity index (χ3n) is 3.72. The summed E-state index contributed by atoms with van der Waals surface area (Å²) in [6.45, 7) is 0. The van der Waals surface area contributed by atoms with E-state index in [1.54, 1.807) is 29.7 Å². The maximum atomic E-state index is 12.2. The molecular weight excluding hydrogens is 450 g/mol. The quantitative estimate of drug-likeness (QED) is 0.445. The highest BCUT2D eigenvalue weighted by Gasteiger charge is 2.20. The van der Waals surface area contributed by atoms with E-state index in [0.29, 0.717) is 16.1 Å². The molecule has 0 radical (unpaired) electrons. The lowest BCUT2D eigenvalue weighted by Crippen LogP contribution is -2.10. The number of thiophene rings is 1. The molecule has 2 aromatic carbocycles. The van der Waals surface area contributed by atoms with E-state index in [2.05, 4.69) is 21.2 Å². The van der Waals surface area contributed by atoms with E-state index in [0.717, 1.165) is 10.0 Å². The predicted octanol–water partition coefficient (Wildman–Crippen LogP) is 6.18. The number of halogens is 2. The van der Waals surface area contributed by atoms with E-state index >= 15 is 0 Å². The molecule has 0 fully saturated rings. The van der Waals surface area contributed by atoms with Gasteiger partial charge in [0.05, 0.1) is 0 Å². The summed E-state index contributed by atoms with van der Waals surface area (Å²) in [7, 11) is 0. The first-order chi connectivity index (χ1) is 13.0. The van der Waals surface area contributed by atoms with Gasteiger partial charge in [-0.25, -0.2) is 4.79 Å². The summed E-state index contributed by atoms with van der Waals surface area (Å²) in [6, 6.07) is 14.4. The molecule has 1 heterocycles. The van der Waals surface area contributed by atoms with Crippen LogP contribution in [0.15, 0.2) is 64.5 Å². The van der Waals surface area contributed by atoms with E-state index in [1.165, 1.54) is 17.4 Å². The van der Waals surface area contributed by atoms with E-state index in [4.69, 9.17) is 11.6 Å². The fourth-order valence-electron chi connectivity index (χ4n) is 2.43. The average molecular weight is 463 g/mol. The summed E-state index contributed by atoms with van der Waals surface area (Å²) >= 11 is 10.6. The van der Waals surface area contributed by atoms with Crippen molar-refractivity contribution >= 4 is 61.8 Å². The Morgan fingerprint density at radius 2 is 1.81 bits per heavy atom. The number of carboxylic acid groups (broad SMARTS) is 1. The maximum absolute atomic E-state index is 12.2. The van der Waals surface area contributed by atoms with Crippen LogP contribution in [0.2, 0.25) is 5.02 Å². The summed E-state index contributed by atoms with van der Waals surface area (Å²) in [4.78, 5) is 24.0. The standard InChI is InChI=1S/C20H13BrClNO3S/c21-14-8-5-12(6-9-14)15-11-27-19(18(15)20(25)26)23-17(24)10-7-13-3-1-2-4-16(13)22/h1-11H,(H,23,24)(H,25,26). The predicted molar refractivity (Wildman–Crippen MR) is 114 cm³/mol. The van der Waals surface area contributed by atoms with Crippen LogP contribution in [-0.4, -0.2) is 17.0 Å². The highest BCUT2D eigenvalue weighted by Crippen LogP contribution is 2.36. The number of amides is 1. The average Bonchev–Trinajstić information content (AvgIpc) is 3.05. The molecule has 0 bridgehead atoms. The maximum Gasteiger partial charge on any atom is 0.339 e. The molecule has 0 unspecified atom stereocenters. The Balaban J connectivity index is 1.85. The lowest BCUT2D eigenvalue weighted by Gasteiger charge is -2.05. The van der Waals surface area contributed by atoms with Crippen LogP contribution in [-0.2, 0) is 4.79 Å². The van der Waals surface area contributed by atoms with Gasteiger partial charge in [0.2, 0.25) is 5.91 Å². The first-order valence-corrected chi connectivity index (χ1v) is 9.85. The third-order valence-corrected chi connectivity index (χ3v) is 5.48. The second-order valence-electron chi connectivity index (χ2n) is 5.51. The van der Waals surface area contributed by atoms with Crippen LogP contribution in [0.25, 0.3) is 17.2 Å². The molecule has 3 rings (SSSR count). The van der Waals surface area contributed by atoms with Gasteiger partial charge in [-0.05, 0) is 35.4 Å². The summed E-state index contributed by atoms with van der Waals surface area (Å²) in [5.41, 5.74) is 2.10. The molecule has 3 aromatic rings. The van der Waals surface area contributed by atoms with Crippen LogP contribution >= 0.6 is 38.9 Å². The first kappa shape index (κ1) is 19.4. The number of benzene rings is 2. The van der Waals surface area contributed by atoms with Crippen molar-refractivity contribution in [1.29, 1.82) is 0 Å². The highest BCUT2D eigenvalue weighted by molar-refractivity contribution is 9.10. The molecule has 7 heteroatoms. The van der Waals surface area contributed by atoms with Crippen molar-refractivity contribution < 1.29 is 14.7 Å². The minimum absolute atomic E-state index is 0.0711. The van der Waals surface area contributed by atoms with Crippen LogP contribution in [0.1, 0.15) is 15.9 Å². The number of carbonyl (C=O) groups is 2. The second-order valence-corrected chi connectivity index (χ2v) is 7.71. The molecule has 0 atom stereocenters. The van der Waals surface area contributed by atoms with E-state index in [-0.39, 0.29) is 10.6 Å². The zero-order valence-corrected chi connectivity index (χ0v) is 16.9. The van der Waals surface area contributed by atoms with Gasteiger partial charge in [-0.15, -0.1) is 11.3 Å². The van der Waals surface area contributed by atoms with Gasteiger partial charge in [0.25, 0.3) is 0 Å². The van der Waals surface area contributed by atoms with Crippen LogP contribution in [0.4, 0.5) is 5.00 Å². The molecular formula is C20H13BrClNO3S. The number of aromatic carboxylic acids is 1. The number of hydrogen-bond acceptors (Lipinski definition) is 3. The van der Waals surface area contributed by atoms with Gasteiger partial charge in [0.15, 0.2) is 0 Å². The zero-order valence-electron chi connectivity index (χ0n) is 13.8. The Kier molecular flexibility index (Phi) is 6.11. The van der Waals surface area contributed by atoms with Crippen LogP contribution < -0.4 is 5.32 Å². The minimum Gasteiger partial charge on any atom is -0.478 e. The Hall–Kier alpha value is -2.41. The van der Waals surface area contributed by atoms with Crippen LogP contribution in [0.5, 0.6) is 0 Å². The zero-order chi connectivity index (χ0) is 19.4. The molecule has 1 amide bonds. The van der Waals surface area contributed by atoms with Crippen molar-refractivity contribution in [1.82, 2.24) is 0 Å². The molecule has 0 saturated heterocycles. The number of carboxylic acids is 1. The number of nitrogens with one attached hydrogen (secondary N) is 1. The second kappa shape index (κ2) is 8.52. The Morgan fingerprint density at radius 1 is 1.11 bits per heavy atom. The largest absolute Gasteiger partial charge is 0.478 e. The molecule has 0 aliphatic heterocycles. The summed E-state index contributed by atoms with van der Waals surface area (Å²) in [5, 5.41) is 14.8. The number of rotatable bonds is 5. The third kappa shape index (κ3) is 4.66. The van der Waals surface area contributed by atoms with Crippen molar-refractivity contribution in [3.8, 4) is 11.1 Å². The van der Waals surface area contributed by atoms with E-state index in [1.807, 2.05) is 30.3 Å². The Labute approximate surface area is 173 Å². The smallest absolute Gasteiger partial charge is 0.339 e. The van der Waals surface area contributed by atoms with E-state index in [9.17, 15) is 14.7 Å². The molecule has 136 valence electrons. The van der Waals surface area contributed by atoms with E-state index < -0.39 is 11.9 Å².